The third-order valence-corrected chi connectivity index (χ3v) is 3.27. The Hall–Kier alpha value is 0.970. The number of hydrogen-bond acceptors (Lipinski definition) is 1. The van der Waals surface area contributed by atoms with E-state index in [1.54, 1.807) is 0 Å². The first-order chi connectivity index (χ1) is 3.42. The molecule has 0 spiro atoms. The molecule has 0 aliphatic heterocycles. The van der Waals surface area contributed by atoms with Gasteiger partial charge >= 0.3 is 3.92 Å². The monoisotopic (exact) mass is 199 g/mol. The Balaban J connectivity index is 4.10. The Morgan fingerprint density at radius 1 is 1.75 bits per heavy atom. The van der Waals surface area contributed by atoms with Gasteiger partial charge in [0.2, 0.25) is 0 Å². The van der Waals surface area contributed by atoms with Gasteiger partial charge in [0.05, 0.1) is 0 Å². The first-order valence-corrected chi connectivity index (χ1v) is 5.12. The number of nitrogens with two attached hydrogens (primary N) is 1. The van der Waals surface area contributed by atoms with Crippen LogP contribution in [0.25, 0.3) is 0 Å². The van der Waals surface area contributed by atoms with Gasteiger partial charge in [0.25, 0.3) is 0 Å². The van der Waals surface area contributed by atoms with Gasteiger partial charge in [-0.2, -0.15) is 4.39 Å². The highest BCUT2D eigenvalue weighted by Gasteiger charge is 2.16. The van der Waals surface area contributed by atoms with E-state index in [1.165, 1.54) is 0 Å². The fraction of sp³-hybridized carbons (Fsp3) is 1.00. The standard InChI is InChI=1S/CH4Cl2FNOS2/c2-1(3,4)7-8(5)6/h7-8H,(H2,5,6). The molecule has 8 heavy (non-hydrogen) atoms. The van der Waals surface area contributed by atoms with Gasteiger partial charge in [-0.25, -0.2) is 4.21 Å². The Morgan fingerprint density at radius 2 is 2.12 bits per heavy atom. The van der Waals surface area contributed by atoms with Crippen LogP contribution in [0.3, 0.4) is 0 Å². The molecule has 1 unspecified atom stereocenters. The van der Waals surface area contributed by atoms with Crippen molar-refractivity contribution in [3.63, 3.8) is 0 Å². The lowest BCUT2D eigenvalue weighted by molar-refractivity contribution is 0.517. The predicted octanol–water partition coefficient (Wildman–Crippen LogP) is 0.129. The molecule has 0 aliphatic carbocycles. The highest BCUT2D eigenvalue weighted by atomic mass is 35.5. The zero-order valence-electron chi connectivity index (χ0n) is 3.51. The quantitative estimate of drug-likeness (QED) is 0.408. The lowest BCUT2D eigenvalue weighted by atomic mass is 11.7. The van der Waals surface area contributed by atoms with E-state index in [4.69, 9.17) is 23.2 Å². The van der Waals surface area contributed by atoms with Crippen molar-refractivity contribution in [1.29, 1.82) is 0 Å². The minimum Gasteiger partial charge on any atom is -0.257 e. The van der Waals surface area contributed by atoms with Gasteiger partial charge in [-0.05, 0) is 0 Å². The van der Waals surface area contributed by atoms with E-state index in [0.29, 0.717) is 0 Å². The van der Waals surface area contributed by atoms with Gasteiger partial charge in [-0.15, -0.1) is 0 Å². The van der Waals surface area contributed by atoms with Crippen molar-refractivity contribution in [3.8, 4) is 0 Å². The molecule has 0 saturated carbocycles. The zero-order valence-corrected chi connectivity index (χ0v) is 6.81. The molecule has 0 aromatic carbocycles. The average Bonchev–Trinajstić information content (AvgIpc) is 1.21. The summed E-state index contributed by atoms with van der Waals surface area (Å²) in [4.78, 5) is 0. The molecule has 1 atom stereocenters. The second-order valence-corrected chi connectivity index (χ2v) is 5.84. The Morgan fingerprint density at radius 3 is 2.12 bits per heavy atom. The first kappa shape index (κ1) is 8.97. The van der Waals surface area contributed by atoms with Crippen LogP contribution in [0.2, 0.25) is 0 Å². The van der Waals surface area contributed by atoms with E-state index >= 15 is 0 Å². The summed E-state index contributed by atoms with van der Waals surface area (Å²) in [7, 11) is -2.40. The van der Waals surface area contributed by atoms with E-state index in [2.05, 4.69) is 5.14 Å². The third-order valence-electron chi connectivity index (χ3n) is 0.212. The molecule has 7 heteroatoms. The summed E-state index contributed by atoms with van der Waals surface area (Å²) in [6.07, 6.45) is 0. The van der Waals surface area contributed by atoms with Crippen molar-refractivity contribution in [3.05, 3.63) is 0 Å². The van der Waals surface area contributed by atoms with Gasteiger partial charge in [0, 0.05) is 9.54 Å². The van der Waals surface area contributed by atoms with Crippen molar-refractivity contribution in [2.24, 2.45) is 5.14 Å². The average molecular weight is 200 g/mol. The van der Waals surface area contributed by atoms with Crippen LogP contribution in [-0.4, -0.2) is 8.13 Å². The van der Waals surface area contributed by atoms with Gasteiger partial charge in [0.15, 0.2) is 0 Å². The number of rotatable bonds is 1. The maximum absolute atomic E-state index is 11.9. The fourth-order valence-corrected chi connectivity index (χ4v) is 2.35. The fourth-order valence-electron chi connectivity index (χ4n) is 0.112. The van der Waals surface area contributed by atoms with Crippen molar-refractivity contribution in [1.82, 2.24) is 0 Å². The molecular formula is CH4Cl2FNOS2. The van der Waals surface area contributed by atoms with Crippen LogP contribution in [0.15, 0.2) is 0 Å². The van der Waals surface area contributed by atoms with E-state index in [0.717, 1.165) is 0 Å². The van der Waals surface area contributed by atoms with Crippen LogP contribution in [0.1, 0.15) is 0 Å². The second-order valence-electron chi connectivity index (χ2n) is 0.870. The number of thiol groups is 2. The maximum atomic E-state index is 11.9. The highest BCUT2D eigenvalue weighted by Crippen LogP contribution is 2.20. The van der Waals surface area contributed by atoms with Crippen LogP contribution < -0.4 is 5.14 Å². The van der Waals surface area contributed by atoms with Gasteiger partial charge in [-0.3, -0.25) is 5.14 Å². The summed E-state index contributed by atoms with van der Waals surface area (Å²) < 4.78 is 19.4. The zero-order chi connectivity index (χ0) is 6.78. The maximum Gasteiger partial charge on any atom is 0.305 e. The summed E-state index contributed by atoms with van der Waals surface area (Å²) in [5.41, 5.74) is 0. The van der Waals surface area contributed by atoms with Crippen molar-refractivity contribution in [2.45, 2.75) is 3.92 Å². The minimum absolute atomic E-state index is 0.294. The number of alkyl halides is 3. The molecule has 2 nitrogen and oxygen atoms in total. The number of halogens is 3. The predicted molar refractivity (Wildman–Crippen MR) is 38.0 cm³/mol. The molecule has 0 radical (unpaired) electrons. The van der Waals surface area contributed by atoms with Crippen LogP contribution in [0.4, 0.5) is 4.39 Å². The van der Waals surface area contributed by atoms with Crippen molar-refractivity contribution < 1.29 is 8.60 Å². The van der Waals surface area contributed by atoms with Crippen LogP contribution in [0, 0.1) is 0 Å². The van der Waals surface area contributed by atoms with Crippen LogP contribution >= 0.6 is 23.2 Å². The lowest BCUT2D eigenvalue weighted by Gasteiger charge is -1.97. The van der Waals surface area contributed by atoms with E-state index < -0.39 is 13.5 Å². The SMILES string of the molecule is N/[SH](=O)=[SH]\C(F)(Cl)Cl. The summed E-state index contributed by atoms with van der Waals surface area (Å²) in [5.74, 6) is 0. The molecular weight excluding hydrogens is 196 g/mol. The molecule has 0 aromatic rings. The minimum atomic E-state index is -2.47. The van der Waals surface area contributed by atoms with E-state index in [1.807, 2.05) is 0 Å². The highest BCUT2D eigenvalue weighted by molar-refractivity contribution is 8.30. The molecule has 0 aliphatic rings. The molecule has 0 fully saturated rings. The molecule has 0 saturated heterocycles. The third kappa shape index (κ3) is 6.97. The summed E-state index contributed by atoms with van der Waals surface area (Å²) in [6.45, 7) is 0. The molecule has 0 amide bonds. The molecule has 0 aromatic heterocycles. The van der Waals surface area contributed by atoms with Gasteiger partial charge in [-0.1, -0.05) is 33.5 Å². The molecule has 2 N–H and O–H groups in total. The Bertz CT molecular complexity index is 147. The van der Waals surface area contributed by atoms with Gasteiger partial charge < -0.3 is 0 Å². The van der Waals surface area contributed by atoms with Crippen molar-refractivity contribution in [2.75, 3.05) is 0 Å². The summed E-state index contributed by atoms with van der Waals surface area (Å²) in [6, 6.07) is 0. The lowest BCUT2D eigenvalue weighted by Crippen LogP contribution is -2.05. The Labute approximate surface area is 60.9 Å². The molecule has 0 heterocycles. The summed E-state index contributed by atoms with van der Waals surface area (Å²) >= 11 is 9.50. The molecule has 0 rings (SSSR count). The second kappa shape index (κ2) is 3.22. The summed E-state index contributed by atoms with van der Waals surface area (Å²) in [5, 5.41) is 4.67. The van der Waals surface area contributed by atoms with Crippen LogP contribution in [-0.2, 0) is 19.9 Å². The van der Waals surface area contributed by atoms with Crippen LogP contribution in [0.5, 0.6) is 0 Å². The van der Waals surface area contributed by atoms with E-state index in [9.17, 15) is 8.60 Å². The number of hydrogen-bond donors (Lipinski definition) is 3. The molecule has 52 valence electrons. The topological polar surface area (TPSA) is 43.1 Å². The normalized spacial score (nSPS) is 17.5. The molecule has 0 bridgehead atoms. The first-order valence-electron chi connectivity index (χ1n) is 1.43. The smallest absolute Gasteiger partial charge is 0.257 e. The Kier molecular flexibility index (Phi) is 3.61. The van der Waals surface area contributed by atoms with Crippen molar-refractivity contribution >= 4 is 43.1 Å². The largest absolute Gasteiger partial charge is 0.305 e. The van der Waals surface area contributed by atoms with E-state index in [-0.39, 0.29) is 10.3 Å². The van der Waals surface area contributed by atoms with Gasteiger partial charge in [0.1, 0.15) is 0 Å².